The molecule has 2 aromatic rings. The third-order valence-electron chi connectivity index (χ3n) is 2.81. The molecule has 0 aliphatic rings. The van der Waals surface area contributed by atoms with Crippen LogP contribution in [0.4, 0.5) is 4.39 Å². The molecule has 19 heavy (non-hydrogen) atoms. The quantitative estimate of drug-likeness (QED) is 0.765. The predicted octanol–water partition coefficient (Wildman–Crippen LogP) is 3.65. The third-order valence-corrected chi connectivity index (χ3v) is 2.81. The van der Waals surface area contributed by atoms with Gasteiger partial charge in [-0.15, -0.1) is 0 Å². The zero-order valence-corrected chi connectivity index (χ0v) is 10.7. The van der Waals surface area contributed by atoms with E-state index in [2.05, 4.69) is 0 Å². The van der Waals surface area contributed by atoms with Crippen molar-refractivity contribution in [2.75, 3.05) is 6.61 Å². The molecule has 2 rings (SSSR count). The molecule has 3 heteroatoms. The average Bonchev–Trinajstić information content (AvgIpc) is 2.39. The molecule has 0 spiro atoms. The number of rotatable bonds is 5. The summed E-state index contributed by atoms with van der Waals surface area (Å²) >= 11 is 0. The van der Waals surface area contributed by atoms with Gasteiger partial charge in [0, 0.05) is 12.5 Å². The molecule has 0 aliphatic heterocycles. The van der Waals surface area contributed by atoms with Crippen molar-refractivity contribution in [3.05, 3.63) is 65.5 Å². The molecule has 0 radical (unpaired) electrons. The maximum Gasteiger partial charge on any atom is 0.163 e. The van der Waals surface area contributed by atoms with E-state index in [1.165, 1.54) is 25.1 Å². The number of carbonyl (C=O) groups is 1. The van der Waals surface area contributed by atoms with Gasteiger partial charge in [0.05, 0.1) is 12.2 Å². The first-order chi connectivity index (χ1) is 9.16. The number of hydrogen-bond acceptors (Lipinski definition) is 2. The van der Waals surface area contributed by atoms with Crippen LogP contribution in [-0.4, -0.2) is 12.4 Å². The first-order valence-electron chi connectivity index (χ1n) is 6.14. The first kappa shape index (κ1) is 13.3. The Hall–Kier alpha value is -2.16. The molecule has 0 unspecified atom stereocenters. The van der Waals surface area contributed by atoms with Gasteiger partial charge >= 0.3 is 0 Å². The van der Waals surface area contributed by atoms with Crippen LogP contribution in [0.5, 0.6) is 5.75 Å². The lowest BCUT2D eigenvalue weighted by Crippen LogP contribution is -2.05. The molecular weight excluding hydrogens is 243 g/mol. The van der Waals surface area contributed by atoms with E-state index < -0.39 is 5.82 Å². The average molecular weight is 258 g/mol. The molecule has 0 atom stereocenters. The van der Waals surface area contributed by atoms with Crippen molar-refractivity contribution >= 4 is 5.78 Å². The van der Waals surface area contributed by atoms with Crippen LogP contribution < -0.4 is 4.74 Å². The fourth-order valence-electron chi connectivity index (χ4n) is 1.83. The van der Waals surface area contributed by atoms with Crippen LogP contribution in [0, 0.1) is 5.82 Å². The molecule has 0 aromatic heterocycles. The lowest BCUT2D eigenvalue weighted by molar-refractivity contribution is 0.101. The third kappa shape index (κ3) is 3.65. The Labute approximate surface area is 111 Å². The highest BCUT2D eigenvalue weighted by molar-refractivity contribution is 5.96. The van der Waals surface area contributed by atoms with Crippen molar-refractivity contribution in [2.24, 2.45) is 0 Å². The van der Waals surface area contributed by atoms with Crippen LogP contribution in [0.1, 0.15) is 22.8 Å². The monoisotopic (exact) mass is 258 g/mol. The van der Waals surface area contributed by atoms with E-state index in [0.717, 1.165) is 5.56 Å². The van der Waals surface area contributed by atoms with Crippen LogP contribution in [0.15, 0.2) is 48.5 Å². The Morgan fingerprint density at radius 1 is 1.16 bits per heavy atom. The minimum Gasteiger partial charge on any atom is -0.492 e. The zero-order valence-electron chi connectivity index (χ0n) is 10.7. The highest BCUT2D eigenvalue weighted by Gasteiger charge is 2.09. The van der Waals surface area contributed by atoms with Gasteiger partial charge in [-0.1, -0.05) is 30.3 Å². The highest BCUT2D eigenvalue weighted by atomic mass is 19.1. The molecule has 0 amide bonds. The largest absolute Gasteiger partial charge is 0.492 e. The Bertz CT molecular complexity index is 564. The molecule has 0 aliphatic carbocycles. The van der Waals surface area contributed by atoms with E-state index in [0.29, 0.717) is 24.3 Å². The Morgan fingerprint density at radius 3 is 2.58 bits per heavy atom. The lowest BCUT2D eigenvalue weighted by atomic mass is 10.1. The second-order valence-electron chi connectivity index (χ2n) is 4.28. The van der Waals surface area contributed by atoms with Gasteiger partial charge in [-0.3, -0.25) is 4.79 Å². The molecule has 2 nitrogen and oxygen atoms in total. The number of ether oxygens (including phenoxy) is 1. The number of halogens is 1. The van der Waals surface area contributed by atoms with Crippen molar-refractivity contribution in [3.8, 4) is 5.75 Å². The van der Waals surface area contributed by atoms with Crippen molar-refractivity contribution in [1.29, 1.82) is 0 Å². The summed E-state index contributed by atoms with van der Waals surface area (Å²) in [5.74, 6) is -0.224. The summed E-state index contributed by atoms with van der Waals surface area (Å²) in [4.78, 5) is 11.4. The Morgan fingerprint density at radius 2 is 1.89 bits per heavy atom. The summed E-state index contributed by atoms with van der Waals surface area (Å²) in [6.45, 7) is 1.85. The first-order valence-corrected chi connectivity index (χ1v) is 6.14. The van der Waals surface area contributed by atoms with E-state index in [9.17, 15) is 9.18 Å². The van der Waals surface area contributed by atoms with Crippen molar-refractivity contribution < 1.29 is 13.9 Å². The number of Topliss-reactive ketones (excluding diaryl/α,β-unsaturated/α-hetero) is 1. The molecule has 2 aromatic carbocycles. The van der Waals surface area contributed by atoms with Crippen LogP contribution in [0.25, 0.3) is 0 Å². The maximum absolute atomic E-state index is 13.2. The second kappa shape index (κ2) is 6.14. The fraction of sp³-hybridized carbons (Fsp3) is 0.188. The summed E-state index contributed by atoms with van der Waals surface area (Å²) in [5, 5.41) is 0. The van der Waals surface area contributed by atoms with E-state index >= 15 is 0 Å². The molecular formula is C16H15FO2. The van der Waals surface area contributed by atoms with Gasteiger partial charge in [-0.2, -0.15) is 0 Å². The van der Waals surface area contributed by atoms with E-state index in [1.54, 1.807) is 0 Å². The van der Waals surface area contributed by atoms with Gasteiger partial charge in [-0.05, 0) is 24.6 Å². The summed E-state index contributed by atoms with van der Waals surface area (Å²) in [7, 11) is 0. The van der Waals surface area contributed by atoms with Crippen LogP contribution in [0.3, 0.4) is 0 Å². The number of ketones is 1. The van der Waals surface area contributed by atoms with Gasteiger partial charge < -0.3 is 4.74 Å². The summed E-state index contributed by atoms with van der Waals surface area (Å²) < 4.78 is 18.7. The van der Waals surface area contributed by atoms with Gasteiger partial charge in [0.2, 0.25) is 0 Å². The normalized spacial score (nSPS) is 10.2. The van der Waals surface area contributed by atoms with Crippen molar-refractivity contribution in [2.45, 2.75) is 13.3 Å². The summed E-state index contributed by atoms with van der Waals surface area (Å²) in [6, 6.07) is 13.8. The number of carbonyl (C=O) groups excluding carboxylic acids is 1. The van der Waals surface area contributed by atoms with Crippen LogP contribution in [-0.2, 0) is 6.42 Å². The van der Waals surface area contributed by atoms with Gasteiger partial charge in [0.25, 0.3) is 0 Å². The topological polar surface area (TPSA) is 26.3 Å². The molecule has 0 N–H and O–H groups in total. The Kier molecular flexibility index (Phi) is 4.29. The second-order valence-corrected chi connectivity index (χ2v) is 4.28. The maximum atomic E-state index is 13.2. The van der Waals surface area contributed by atoms with E-state index in [4.69, 9.17) is 4.74 Å². The Balaban J connectivity index is 2.03. The van der Waals surface area contributed by atoms with Crippen molar-refractivity contribution in [3.63, 3.8) is 0 Å². The van der Waals surface area contributed by atoms with Crippen LogP contribution in [0.2, 0.25) is 0 Å². The molecule has 0 bridgehead atoms. The van der Waals surface area contributed by atoms with E-state index in [-0.39, 0.29) is 5.78 Å². The fourth-order valence-corrected chi connectivity index (χ4v) is 1.83. The summed E-state index contributed by atoms with van der Waals surface area (Å²) in [6.07, 6.45) is 0.717. The highest BCUT2D eigenvalue weighted by Crippen LogP contribution is 2.20. The molecule has 0 heterocycles. The molecule has 0 saturated heterocycles. The predicted molar refractivity (Wildman–Crippen MR) is 72.0 cm³/mol. The lowest BCUT2D eigenvalue weighted by Gasteiger charge is -2.10. The molecule has 0 saturated carbocycles. The minimum absolute atomic E-state index is 0.130. The number of hydrogen-bond donors (Lipinski definition) is 0. The van der Waals surface area contributed by atoms with Crippen molar-refractivity contribution in [1.82, 2.24) is 0 Å². The zero-order chi connectivity index (χ0) is 13.7. The number of benzene rings is 2. The SMILES string of the molecule is CC(=O)c1ccc(F)cc1OCCc1ccccc1. The van der Waals surface area contributed by atoms with Gasteiger partial charge in [0.1, 0.15) is 11.6 Å². The molecule has 0 fully saturated rings. The smallest absolute Gasteiger partial charge is 0.163 e. The standard InChI is InChI=1S/C16H15FO2/c1-12(18)15-8-7-14(17)11-16(15)19-10-9-13-5-3-2-4-6-13/h2-8,11H,9-10H2,1H3. The van der Waals surface area contributed by atoms with Gasteiger partial charge in [-0.25, -0.2) is 4.39 Å². The van der Waals surface area contributed by atoms with Crippen LogP contribution >= 0.6 is 0 Å². The van der Waals surface area contributed by atoms with E-state index in [1.807, 2.05) is 30.3 Å². The van der Waals surface area contributed by atoms with Gasteiger partial charge in [0.15, 0.2) is 5.78 Å². The molecule has 98 valence electrons. The summed E-state index contributed by atoms with van der Waals surface area (Å²) in [5.41, 5.74) is 1.55. The minimum atomic E-state index is -0.403.